The van der Waals surface area contributed by atoms with E-state index in [1.54, 1.807) is 7.11 Å². The molecule has 1 aliphatic rings. The summed E-state index contributed by atoms with van der Waals surface area (Å²) < 4.78 is 5.35. The van der Waals surface area contributed by atoms with Gasteiger partial charge < -0.3 is 14.7 Å². The van der Waals surface area contributed by atoms with E-state index in [4.69, 9.17) is 4.74 Å². The Morgan fingerprint density at radius 3 is 1.97 bits per heavy atom. The fourth-order valence-corrected chi connectivity index (χ4v) is 4.49. The lowest BCUT2D eigenvalue weighted by Crippen LogP contribution is -2.41. The zero-order chi connectivity index (χ0) is 20.1. The maximum absolute atomic E-state index is 12.4. The quantitative estimate of drug-likeness (QED) is 0.631. The van der Waals surface area contributed by atoms with Gasteiger partial charge in [0.1, 0.15) is 11.4 Å². The third-order valence-corrected chi connectivity index (χ3v) is 6.09. The van der Waals surface area contributed by atoms with Gasteiger partial charge in [-0.1, -0.05) is 72.8 Å². The van der Waals surface area contributed by atoms with E-state index in [-0.39, 0.29) is 5.92 Å². The van der Waals surface area contributed by atoms with E-state index >= 15 is 0 Å². The van der Waals surface area contributed by atoms with Crippen LogP contribution in [-0.2, 0) is 5.60 Å². The predicted molar refractivity (Wildman–Crippen MR) is 117 cm³/mol. The summed E-state index contributed by atoms with van der Waals surface area (Å²) in [7, 11) is 1.67. The Kier molecular flexibility index (Phi) is 5.98. The molecule has 1 N–H and O–H groups in total. The summed E-state index contributed by atoms with van der Waals surface area (Å²) in [5.41, 5.74) is 1.81. The molecule has 1 heterocycles. The highest BCUT2D eigenvalue weighted by atomic mass is 16.5. The Labute approximate surface area is 173 Å². The smallest absolute Gasteiger partial charge is 0.123 e. The summed E-state index contributed by atoms with van der Waals surface area (Å²) in [6, 6.07) is 28.3. The van der Waals surface area contributed by atoms with Gasteiger partial charge in [0.2, 0.25) is 0 Å². The maximum Gasteiger partial charge on any atom is 0.123 e. The molecule has 0 unspecified atom stereocenters. The van der Waals surface area contributed by atoms with Crippen molar-refractivity contribution in [3.8, 4) is 5.75 Å². The van der Waals surface area contributed by atoms with E-state index in [2.05, 4.69) is 29.2 Å². The number of hydrogen-bond donors (Lipinski definition) is 1. The van der Waals surface area contributed by atoms with Gasteiger partial charge in [-0.2, -0.15) is 0 Å². The van der Waals surface area contributed by atoms with Crippen molar-refractivity contribution in [3.05, 3.63) is 102 Å². The lowest BCUT2D eigenvalue weighted by atomic mass is 9.72. The van der Waals surface area contributed by atoms with Crippen molar-refractivity contribution in [1.29, 1.82) is 0 Å². The molecule has 0 aromatic heterocycles. The molecule has 0 bridgehead atoms. The molecule has 150 valence electrons. The van der Waals surface area contributed by atoms with E-state index in [9.17, 15) is 5.11 Å². The molecule has 0 spiro atoms. The Hall–Kier alpha value is -2.62. The zero-order valence-electron chi connectivity index (χ0n) is 17.0. The number of benzene rings is 3. The third kappa shape index (κ3) is 4.07. The second-order valence-corrected chi connectivity index (χ2v) is 7.83. The Bertz CT molecular complexity index is 889. The van der Waals surface area contributed by atoms with Crippen LogP contribution in [0.2, 0.25) is 0 Å². The van der Waals surface area contributed by atoms with Crippen molar-refractivity contribution >= 4 is 0 Å². The van der Waals surface area contributed by atoms with Crippen molar-refractivity contribution in [2.24, 2.45) is 0 Å². The van der Waals surface area contributed by atoms with Crippen LogP contribution in [0.4, 0.5) is 0 Å². The first kappa shape index (κ1) is 19.7. The topological polar surface area (TPSA) is 32.7 Å². The summed E-state index contributed by atoms with van der Waals surface area (Å²) in [5, 5.41) is 12.4. The first-order chi connectivity index (χ1) is 14.2. The molecule has 1 saturated heterocycles. The largest absolute Gasteiger partial charge is 0.497 e. The molecular formula is C26H29NO2. The molecule has 0 radical (unpaired) electrons. The van der Waals surface area contributed by atoms with Crippen molar-refractivity contribution in [2.45, 2.75) is 24.4 Å². The van der Waals surface area contributed by atoms with Gasteiger partial charge in [-0.05, 0) is 54.8 Å². The highest BCUT2D eigenvalue weighted by molar-refractivity contribution is 5.43. The molecule has 0 amide bonds. The minimum Gasteiger partial charge on any atom is -0.497 e. The molecule has 1 fully saturated rings. The van der Waals surface area contributed by atoms with Gasteiger partial charge in [-0.15, -0.1) is 0 Å². The number of likely N-dealkylation sites (tertiary alicyclic amines) is 1. The average Bonchev–Trinajstić information content (AvgIpc) is 3.32. The molecule has 1 aliphatic heterocycles. The highest BCUT2D eigenvalue weighted by Gasteiger charge is 2.42. The summed E-state index contributed by atoms with van der Waals surface area (Å²) in [6.07, 6.45) is 2.46. The van der Waals surface area contributed by atoms with Crippen LogP contribution in [-0.4, -0.2) is 36.8 Å². The standard InChI is InChI=1S/C26H29NO2/c1-29-24-16-14-23(15-17-24)26(28,22-12-6-3-7-13-22)25(20-27-18-8-9-19-27)21-10-4-2-5-11-21/h2-7,10-17,25,28H,8-9,18-20H2,1H3/t25-,26+/m0/s1. The van der Waals surface area contributed by atoms with Crippen LogP contribution >= 0.6 is 0 Å². The van der Waals surface area contributed by atoms with Crippen molar-refractivity contribution in [3.63, 3.8) is 0 Å². The van der Waals surface area contributed by atoms with Crippen LogP contribution in [0.3, 0.4) is 0 Å². The number of methoxy groups -OCH3 is 1. The number of nitrogens with zero attached hydrogens (tertiary/aromatic N) is 1. The molecule has 3 aromatic rings. The Morgan fingerprint density at radius 1 is 0.828 bits per heavy atom. The molecule has 29 heavy (non-hydrogen) atoms. The van der Waals surface area contributed by atoms with E-state index < -0.39 is 5.60 Å². The summed E-state index contributed by atoms with van der Waals surface area (Å²) in [4.78, 5) is 2.48. The first-order valence-electron chi connectivity index (χ1n) is 10.4. The minimum atomic E-state index is -1.14. The number of rotatable bonds is 7. The fourth-order valence-electron chi connectivity index (χ4n) is 4.49. The predicted octanol–water partition coefficient (Wildman–Crippen LogP) is 4.81. The summed E-state index contributed by atoms with van der Waals surface area (Å²) in [6.45, 7) is 3.01. The summed E-state index contributed by atoms with van der Waals surface area (Å²) >= 11 is 0. The van der Waals surface area contributed by atoms with Crippen molar-refractivity contribution in [1.82, 2.24) is 4.90 Å². The van der Waals surface area contributed by atoms with Gasteiger partial charge >= 0.3 is 0 Å². The average molecular weight is 388 g/mol. The van der Waals surface area contributed by atoms with Crippen LogP contribution in [0.25, 0.3) is 0 Å². The molecule has 3 nitrogen and oxygen atoms in total. The number of ether oxygens (including phenoxy) is 1. The lowest BCUT2D eigenvalue weighted by molar-refractivity contribution is 0.0366. The van der Waals surface area contributed by atoms with E-state index in [1.807, 2.05) is 60.7 Å². The Morgan fingerprint density at radius 2 is 1.38 bits per heavy atom. The monoisotopic (exact) mass is 387 g/mol. The van der Waals surface area contributed by atoms with Crippen LogP contribution in [0.5, 0.6) is 5.75 Å². The van der Waals surface area contributed by atoms with E-state index in [0.29, 0.717) is 0 Å². The molecule has 0 saturated carbocycles. The van der Waals surface area contributed by atoms with Crippen LogP contribution in [0.15, 0.2) is 84.9 Å². The molecule has 3 heteroatoms. The fraction of sp³-hybridized carbons (Fsp3) is 0.308. The zero-order valence-corrected chi connectivity index (χ0v) is 17.0. The highest BCUT2D eigenvalue weighted by Crippen LogP contribution is 2.43. The van der Waals surface area contributed by atoms with Crippen LogP contribution in [0.1, 0.15) is 35.4 Å². The number of aliphatic hydroxyl groups is 1. The van der Waals surface area contributed by atoms with Gasteiger partial charge in [0.25, 0.3) is 0 Å². The van der Waals surface area contributed by atoms with Gasteiger partial charge in [0.05, 0.1) is 7.11 Å². The van der Waals surface area contributed by atoms with Crippen LogP contribution < -0.4 is 4.74 Å². The maximum atomic E-state index is 12.4. The second-order valence-electron chi connectivity index (χ2n) is 7.83. The van der Waals surface area contributed by atoms with Gasteiger partial charge in [0.15, 0.2) is 0 Å². The lowest BCUT2D eigenvalue weighted by Gasteiger charge is -2.39. The first-order valence-corrected chi connectivity index (χ1v) is 10.4. The normalized spacial score (nSPS) is 17.6. The Balaban J connectivity index is 1.85. The number of hydrogen-bond acceptors (Lipinski definition) is 3. The molecule has 3 aromatic carbocycles. The van der Waals surface area contributed by atoms with Gasteiger partial charge in [-0.3, -0.25) is 0 Å². The van der Waals surface area contributed by atoms with E-state index in [1.165, 1.54) is 12.8 Å². The molecular weight excluding hydrogens is 358 g/mol. The minimum absolute atomic E-state index is 0.0856. The van der Waals surface area contributed by atoms with Crippen LogP contribution in [0, 0.1) is 0 Å². The molecule has 0 aliphatic carbocycles. The second kappa shape index (κ2) is 8.81. The molecule has 4 rings (SSSR count). The third-order valence-electron chi connectivity index (χ3n) is 6.09. The SMILES string of the molecule is COc1ccc([C@](O)(c2ccccc2)[C@@H](CN2CCCC2)c2ccccc2)cc1. The van der Waals surface area contributed by atoms with Crippen molar-refractivity contribution < 1.29 is 9.84 Å². The molecule has 2 atom stereocenters. The summed E-state index contributed by atoms with van der Waals surface area (Å²) in [5.74, 6) is 0.706. The van der Waals surface area contributed by atoms with Gasteiger partial charge in [-0.25, -0.2) is 0 Å². The van der Waals surface area contributed by atoms with Gasteiger partial charge in [0, 0.05) is 12.5 Å². The van der Waals surface area contributed by atoms with E-state index in [0.717, 1.165) is 42.1 Å². The van der Waals surface area contributed by atoms with Crippen molar-refractivity contribution in [2.75, 3.05) is 26.7 Å².